The molecule has 0 aliphatic heterocycles. The van der Waals surface area contributed by atoms with Gasteiger partial charge < -0.3 is 9.47 Å². The van der Waals surface area contributed by atoms with Crippen LogP contribution >= 0.6 is 0 Å². The van der Waals surface area contributed by atoms with Crippen LogP contribution < -0.4 is 4.90 Å². The van der Waals surface area contributed by atoms with Gasteiger partial charge in [-0.05, 0) is 93.9 Å². The number of pyridine rings is 1. The number of nitrogens with zero attached hydrogens (tertiary/aromatic N) is 3. The fraction of sp³-hybridized carbons (Fsp3) is 0.0517. The van der Waals surface area contributed by atoms with Gasteiger partial charge in [-0.25, -0.2) is 4.98 Å². The number of para-hydroxylation sites is 3. The second-order valence-corrected chi connectivity index (χ2v) is 16.7. The highest BCUT2D eigenvalue weighted by atomic mass is 15.1. The maximum Gasteiger partial charge on any atom is 0.0788 e. The van der Waals surface area contributed by atoms with E-state index in [1.807, 2.05) is 0 Å². The van der Waals surface area contributed by atoms with Gasteiger partial charge in [-0.3, -0.25) is 0 Å². The topological polar surface area (TPSA) is 21.1 Å². The third-order valence-electron chi connectivity index (χ3n) is 13.0. The predicted molar refractivity (Wildman–Crippen MR) is 257 cm³/mol. The Morgan fingerprint density at radius 2 is 1.00 bits per heavy atom. The summed E-state index contributed by atoms with van der Waals surface area (Å²) in [7, 11) is 0. The first-order valence-electron chi connectivity index (χ1n) is 21.1. The van der Waals surface area contributed by atoms with Crippen LogP contribution in [0.1, 0.15) is 25.0 Å². The minimum absolute atomic E-state index is 0.123. The van der Waals surface area contributed by atoms with Crippen molar-refractivity contribution in [3.63, 3.8) is 0 Å². The summed E-state index contributed by atoms with van der Waals surface area (Å²) >= 11 is 0. The molecule has 0 radical (unpaired) electrons. The van der Waals surface area contributed by atoms with Crippen molar-refractivity contribution in [2.75, 3.05) is 4.90 Å². The van der Waals surface area contributed by atoms with Crippen LogP contribution in [0.25, 0.3) is 82.7 Å². The van der Waals surface area contributed by atoms with E-state index in [0.29, 0.717) is 0 Å². The Morgan fingerprint density at radius 1 is 0.426 bits per heavy atom. The van der Waals surface area contributed by atoms with Crippen LogP contribution in [0, 0.1) is 0 Å². The SMILES string of the molecule is CC1(C)c2ccccc2-c2c(N(c3ccc(-c4nc5ccccc5c5ccccc45)cc3)c3ccc(-c4cccc5c4c4ccccc4n5-c4ccccc4)cc3)cccc21. The number of hydrogen-bond donors (Lipinski definition) is 0. The lowest BCUT2D eigenvalue weighted by atomic mass is 9.82. The van der Waals surface area contributed by atoms with E-state index in [-0.39, 0.29) is 5.41 Å². The smallest absolute Gasteiger partial charge is 0.0788 e. The van der Waals surface area contributed by atoms with Gasteiger partial charge >= 0.3 is 0 Å². The van der Waals surface area contributed by atoms with E-state index in [9.17, 15) is 0 Å². The molecule has 11 aromatic rings. The van der Waals surface area contributed by atoms with E-state index in [1.54, 1.807) is 0 Å². The minimum Gasteiger partial charge on any atom is -0.310 e. The number of anilines is 3. The molecule has 61 heavy (non-hydrogen) atoms. The van der Waals surface area contributed by atoms with Gasteiger partial charge in [0, 0.05) is 55.1 Å². The summed E-state index contributed by atoms with van der Waals surface area (Å²) in [6.45, 7) is 4.71. The first-order chi connectivity index (χ1) is 30.0. The first-order valence-corrected chi connectivity index (χ1v) is 21.1. The maximum absolute atomic E-state index is 5.24. The van der Waals surface area contributed by atoms with Crippen molar-refractivity contribution in [1.29, 1.82) is 0 Å². The molecule has 288 valence electrons. The van der Waals surface area contributed by atoms with E-state index in [1.165, 1.54) is 71.6 Å². The first kappa shape index (κ1) is 35.2. The molecule has 0 N–H and O–H groups in total. The van der Waals surface area contributed by atoms with Crippen LogP contribution in [0.5, 0.6) is 0 Å². The number of hydrogen-bond acceptors (Lipinski definition) is 2. The Hall–Kier alpha value is -7.75. The van der Waals surface area contributed by atoms with Crippen molar-refractivity contribution in [3.05, 3.63) is 223 Å². The van der Waals surface area contributed by atoms with Crippen molar-refractivity contribution in [2.24, 2.45) is 0 Å². The van der Waals surface area contributed by atoms with Crippen molar-refractivity contribution < 1.29 is 0 Å². The van der Waals surface area contributed by atoms with Crippen molar-refractivity contribution in [3.8, 4) is 39.2 Å². The van der Waals surface area contributed by atoms with E-state index in [0.717, 1.165) is 39.2 Å². The molecule has 3 heteroatoms. The molecule has 3 nitrogen and oxygen atoms in total. The lowest BCUT2D eigenvalue weighted by molar-refractivity contribution is 0.660. The Morgan fingerprint density at radius 3 is 1.79 bits per heavy atom. The van der Waals surface area contributed by atoms with Gasteiger partial charge in [-0.1, -0.05) is 166 Å². The summed E-state index contributed by atoms with van der Waals surface area (Å²) < 4.78 is 2.39. The van der Waals surface area contributed by atoms with Crippen molar-refractivity contribution >= 4 is 60.5 Å². The summed E-state index contributed by atoms with van der Waals surface area (Å²) in [4.78, 5) is 7.68. The molecule has 9 aromatic carbocycles. The summed E-state index contributed by atoms with van der Waals surface area (Å²) in [6.07, 6.45) is 0. The number of aromatic nitrogens is 2. The van der Waals surface area contributed by atoms with Crippen LogP contribution in [-0.4, -0.2) is 9.55 Å². The second-order valence-electron chi connectivity index (χ2n) is 16.7. The van der Waals surface area contributed by atoms with E-state index in [4.69, 9.17) is 4.98 Å². The van der Waals surface area contributed by atoms with Crippen LogP contribution in [0.4, 0.5) is 17.1 Å². The molecular weight excluding hydrogens is 739 g/mol. The number of benzene rings is 9. The van der Waals surface area contributed by atoms with Gasteiger partial charge in [-0.2, -0.15) is 0 Å². The fourth-order valence-corrected chi connectivity index (χ4v) is 10.1. The highest BCUT2D eigenvalue weighted by Crippen LogP contribution is 2.54. The third-order valence-corrected chi connectivity index (χ3v) is 13.0. The molecule has 0 amide bonds. The van der Waals surface area contributed by atoms with E-state index >= 15 is 0 Å². The third kappa shape index (κ3) is 5.40. The number of rotatable bonds is 6. The number of fused-ring (bicyclic) bond motifs is 9. The summed E-state index contributed by atoms with van der Waals surface area (Å²) in [6, 6.07) is 77.2. The minimum atomic E-state index is -0.123. The fourth-order valence-electron chi connectivity index (χ4n) is 10.1. The van der Waals surface area contributed by atoms with Crippen LogP contribution in [0.15, 0.2) is 212 Å². The van der Waals surface area contributed by atoms with Crippen LogP contribution in [0.3, 0.4) is 0 Å². The second kappa shape index (κ2) is 13.7. The van der Waals surface area contributed by atoms with Gasteiger partial charge in [0.1, 0.15) is 0 Å². The standard InChI is InChI=1S/C58H41N3/c1-58(2)49-24-11-8-21-47(49)56-50(58)25-15-29-54(56)60(42-36-32-39(33-37-42)57-46-20-7-6-18-44(46)45-19-9-12-26-51(45)59-57)41-34-30-38(31-35-41)43-23-14-28-53-55(43)48-22-10-13-27-52(48)61(53)40-16-4-3-5-17-40/h3-37H,1-2H3. The highest BCUT2D eigenvalue weighted by molar-refractivity contribution is 6.16. The molecule has 2 heterocycles. The van der Waals surface area contributed by atoms with Crippen LogP contribution in [0.2, 0.25) is 0 Å². The van der Waals surface area contributed by atoms with E-state index in [2.05, 4.69) is 236 Å². The van der Waals surface area contributed by atoms with Crippen LogP contribution in [-0.2, 0) is 5.41 Å². The van der Waals surface area contributed by atoms with Gasteiger partial charge in [-0.15, -0.1) is 0 Å². The predicted octanol–water partition coefficient (Wildman–Crippen LogP) is 15.6. The van der Waals surface area contributed by atoms with Gasteiger partial charge in [0.2, 0.25) is 0 Å². The van der Waals surface area contributed by atoms with Crippen molar-refractivity contribution in [2.45, 2.75) is 19.3 Å². The molecule has 0 saturated carbocycles. The van der Waals surface area contributed by atoms with E-state index < -0.39 is 0 Å². The molecule has 2 aromatic heterocycles. The zero-order valence-electron chi connectivity index (χ0n) is 34.0. The zero-order chi connectivity index (χ0) is 40.7. The molecule has 0 atom stereocenters. The monoisotopic (exact) mass is 779 g/mol. The normalized spacial score (nSPS) is 12.9. The Kier molecular flexibility index (Phi) is 7.88. The summed E-state index contributed by atoms with van der Waals surface area (Å²) in [5, 5.41) is 6.06. The molecule has 1 aliphatic carbocycles. The molecule has 0 spiro atoms. The summed E-state index contributed by atoms with van der Waals surface area (Å²) in [5.41, 5.74) is 17.6. The summed E-state index contributed by atoms with van der Waals surface area (Å²) in [5.74, 6) is 0. The Balaban J connectivity index is 1.03. The average molecular weight is 780 g/mol. The molecule has 0 fully saturated rings. The average Bonchev–Trinajstić information content (AvgIpc) is 3.78. The van der Waals surface area contributed by atoms with Gasteiger partial charge in [0.15, 0.2) is 0 Å². The van der Waals surface area contributed by atoms with Gasteiger partial charge in [0.25, 0.3) is 0 Å². The quantitative estimate of drug-likeness (QED) is 0.157. The molecule has 0 unspecified atom stereocenters. The largest absolute Gasteiger partial charge is 0.310 e. The Labute approximate surface area is 355 Å². The molecule has 1 aliphatic rings. The van der Waals surface area contributed by atoms with Crippen molar-refractivity contribution in [1.82, 2.24) is 9.55 Å². The van der Waals surface area contributed by atoms with Gasteiger partial charge in [0.05, 0.1) is 27.9 Å². The zero-order valence-corrected chi connectivity index (χ0v) is 34.0. The molecule has 0 bridgehead atoms. The molecule has 0 saturated heterocycles. The maximum atomic E-state index is 5.24. The molecular formula is C58H41N3. The lowest BCUT2D eigenvalue weighted by Gasteiger charge is -2.29. The lowest BCUT2D eigenvalue weighted by Crippen LogP contribution is -2.16. The highest BCUT2D eigenvalue weighted by Gasteiger charge is 2.37. The Bertz CT molecular complexity index is 3490. The molecule has 12 rings (SSSR count).